The maximum Gasteiger partial charge on any atom is 0.411 e. The molecule has 5 heteroatoms. The molecule has 0 aliphatic carbocycles. The molecule has 0 bridgehead atoms. The summed E-state index contributed by atoms with van der Waals surface area (Å²) in [7, 11) is 0. The summed E-state index contributed by atoms with van der Waals surface area (Å²) in [6, 6.07) is 18.8. The molecule has 0 radical (unpaired) electrons. The summed E-state index contributed by atoms with van der Waals surface area (Å²) in [4.78, 5) is 26.7. The second-order valence-electron chi connectivity index (χ2n) is 6.99. The van der Waals surface area contributed by atoms with Gasteiger partial charge in [-0.15, -0.1) is 0 Å². The normalized spacial score (nSPS) is 18.8. The monoisotopic (exact) mass is 379 g/mol. The van der Waals surface area contributed by atoms with E-state index in [1.54, 1.807) is 6.08 Å². The number of amides is 1. The summed E-state index contributed by atoms with van der Waals surface area (Å²) in [6.07, 6.45) is 4.27. The van der Waals surface area contributed by atoms with Crippen molar-refractivity contribution in [3.05, 3.63) is 83.9 Å². The second kappa shape index (κ2) is 8.74. The van der Waals surface area contributed by atoms with Crippen molar-refractivity contribution in [3.63, 3.8) is 0 Å². The molecule has 0 aromatic heterocycles. The van der Waals surface area contributed by atoms with E-state index in [1.807, 2.05) is 73.7 Å². The van der Waals surface area contributed by atoms with Crippen molar-refractivity contribution < 1.29 is 19.4 Å². The van der Waals surface area contributed by atoms with Gasteiger partial charge in [0.1, 0.15) is 6.61 Å². The number of nitrogens with zero attached hydrogens (tertiary/aromatic N) is 1. The maximum absolute atomic E-state index is 12.7. The number of cyclic esters (lactones) is 1. The third-order valence-corrected chi connectivity index (χ3v) is 5.02. The van der Waals surface area contributed by atoms with Gasteiger partial charge in [0.05, 0.1) is 6.04 Å². The Labute approximate surface area is 165 Å². The van der Waals surface area contributed by atoms with Crippen LogP contribution in [-0.4, -0.2) is 40.3 Å². The molecule has 28 heavy (non-hydrogen) atoms. The van der Waals surface area contributed by atoms with Gasteiger partial charge < -0.3 is 9.84 Å². The zero-order valence-corrected chi connectivity index (χ0v) is 16.0. The Morgan fingerprint density at radius 1 is 1.14 bits per heavy atom. The molecular formula is C23H25NO4. The highest BCUT2D eigenvalue weighted by atomic mass is 16.6. The van der Waals surface area contributed by atoms with Crippen molar-refractivity contribution in [2.24, 2.45) is 0 Å². The van der Waals surface area contributed by atoms with Crippen LogP contribution in [0, 0.1) is 0 Å². The number of hydrogen-bond donors (Lipinski definition) is 1. The molecule has 0 saturated carbocycles. The van der Waals surface area contributed by atoms with E-state index < -0.39 is 17.6 Å². The Hall–Kier alpha value is -3.08. The van der Waals surface area contributed by atoms with Crippen LogP contribution in [0.4, 0.5) is 4.79 Å². The van der Waals surface area contributed by atoms with Crippen LogP contribution in [0.15, 0.2) is 72.8 Å². The number of ether oxygens (including phenoxy) is 1. The summed E-state index contributed by atoms with van der Waals surface area (Å²) in [5.74, 6) is -1.06. The average molecular weight is 379 g/mol. The van der Waals surface area contributed by atoms with Crippen LogP contribution < -0.4 is 0 Å². The van der Waals surface area contributed by atoms with E-state index in [9.17, 15) is 14.7 Å². The lowest BCUT2D eigenvalue weighted by Crippen LogP contribution is -2.59. The molecule has 1 heterocycles. The van der Waals surface area contributed by atoms with E-state index >= 15 is 0 Å². The number of carbonyl (C=O) groups is 2. The third kappa shape index (κ3) is 4.09. The number of carboxylic acid groups (broad SMARTS) is 1. The lowest BCUT2D eigenvalue weighted by Gasteiger charge is -2.38. The van der Waals surface area contributed by atoms with Gasteiger partial charge in [0.15, 0.2) is 5.54 Å². The van der Waals surface area contributed by atoms with Crippen molar-refractivity contribution in [2.45, 2.75) is 37.8 Å². The van der Waals surface area contributed by atoms with E-state index in [4.69, 9.17) is 4.74 Å². The van der Waals surface area contributed by atoms with Gasteiger partial charge in [0, 0.05) is 6.42 Å². The lowest BCUT2D eigenvalue weighted by molar-refractivity contribution is -0.147. The molecular weight excluding hydrogens is 354 g/mol. The van der Waals surface area contributed by atoms with E-state index in [0.29, 0.717) is 12.8 Å². The number of hydrogen-bond acceptors (Lipinski definition) is 3. The van der Waals surface area contributed by atoms with Gasteiger partial charge in [0.2, 0.25) is 0 Å². The van der Waals surface area contributed by atoms with Crippen LogP contribution in [0.3, 0.4) is 0 Å². The number of benzene rings is 2. The van der Waals surface area contributed by atoms with Crippen molar-refractivity contribution in [1.82, 2.24) is 4.90 Å². The molecule has 2 aromatic carbocycles. The largest absolute Gasteiger partial charge is 0.479 e. The standard InChI is InChI=1S/C23H25NO4/c1-2-3-14-23(21(25)26,16-19-12-8-5-9-13-19)24-20(17-28-22(24)27)15-18-10-6-4-7-11-18/h3-14,20H,2,15-17H2,1H3,(H,25,26)/t20-,23+/m1/s1. The highest BCUT2D eigenvalue weighted by Crippen LogP contribution is 2.32. The van der Waals surface area contributed by atoms with E-state index in [1.165, 1.54) is 4.90 Å². The number of carbonyl (C=O) groups excluding carboxylic acids is 1. The van der Waals surface area contributed by atoms with Crippen molar-refractivity contribution in [2.75, 3.05) is 6.61 Å². The average Bonchev–Trinajstić information content (AvgIpc) is 3.07. The second-order valence-corrected chi connectivity index (χ2v) is 6.99. The molecule has 2 atom stereocenters. The molecule has 1 aliphatic rings. The minimum absolute atomic E-state index is 0.178. The topological polar surface area (TPSA) is 66.8 Å². The molecule has 0 unspecified atom stereocenters. The van der Waals surface area contributed by atoms with Gasteiger partial charge >= 0.3 is 12.1 Å². The quantitative estimate of drug-likeness (QED) is 0.702. The predicted molar refractivity (Wildman–Crippen MR) is 107 cm³/mol. The fourth-order valence-corrected chi connectivity index (χ4v) is 3.68. The molecule has 1 aliphatic heterocycles. The first kappa shape index (κ1) is 19.7. The zero-order valence-electron chi connectivity index (χ0n) is 16.0. The molecule has 1 amide bonds. The van der Waals surface area contributed by atoms with Crippen LogP contribution >= 0.6 is 0 Å². The van der Waals surface area contributed by atoms with Crippen LogP contribution in [-0.2, 0) is 22.4 Å². The number of carboxylic acids is 1. The predicted octanol–water partition coefficient (Wildman–Crippen LogP) is 4.08. The molecule has 1 saturated heterocycles. The lowest BCUT2D eigenvalue weighted by atomic mass is 9.86. The zero-order chi connectivity index (χ0) is 20.0. The van der Waals surface area contributed by atoms with E-state index in [-0.39, 0.29) is 19.1 Å². The fraction of sp³-hybridized carbons (Fsp3) is 0.304. The number of allylic oxidation sites excluding steroid dienone is 1. The summed E-state index contributed by atoms with van der Waals surface area (Å²) in [6.45, 7) is 2.12. The maximum atomic E-state index is 12.7. The Morgan fingerprint density at radius 3 is 2.32 bits per heavy atom. The van der Waals surface area contributed by atoms with Crippen LogP contribution in [0.5, 0.6) is 0 Å². The molecule has 3 rings (SSSR count). The van der Waals surface area contributed by atoms with E-state index in [0.717, 1.165) is 11.1 Å². The summed E-state index contributed by atoms with van der Waals surface area (Å²) in [5, 5.41) is 10.3. The fourth-order valence-electron chi connectivity index (χ4n) is 3.68. The number of rotatable bonds is 8. The van der Waals surface area contributed by atoms with Gasteiger partial charge in [-0.25, -0.2) is 9.59 Å². The SMILES string of the molecule is CCC=C[C@](Cc1ccccc1)(C(=O)O)N1C(=O)OC[C@H]1Cc1ccccc1. The molecule has 146 valence electrons. The van der Waals surface area contributed by atoms with Gasteiger partial charge in [-0.05, 0) is 24.0 Å². The van der Waals surface area contributed by atoms with Crippen LogP contribution in [0.2, 0.25) is 0 Å². The molecule has 1 N–H and O–H groups in total. The van der Waals surface area contributed by atoms with Gasteiger partial charge in [-0.3, -0.25) is 4.90 Å². The minimum atomic E-state index is -1.50. The van der Waals surface area contributed by atoms with Crippen molar-refractivity contribution >= 4 is 12.1 Å². The Morgan fingerprint density at radius 2 is 1.75 bits per heavy atom. The van der Waals surface area contributed by atoms with Crippen LogP contribution in [0.25, 0.3) is 0 Å². The number of aliphatic carboxylic acids is 1. The van der Waals surface area contributed by atoms with Gasteiger partial charge in [-0.2, -0.15) is 0 Å². The minimum Gasteiger partial charge on any atom is -0.479 e. The molecule has 0 spiro atoms. The highest BCUT2D eigenvalue weighted by molar-refractivity contribution is 5.88. The summed E-state index contributed by atoms with van der Waals surface area (Å²) >= 11 is 0. The first-order valence-corrected chi connectivity index (χ1v) is 9.52. The molecule has 2 aromatic rings. The Kier molecular flexibility index (Phi) is 6.14. The Bertz CT molecular complexity index is 834. The first-order chi connectivity index (χ1) is 13.6. The highest BCUT2D eigenvalue weighted by Gasteiger charge is 2.51. The van der Waals surface area contributed by atoms with Gasteiger partial charge in [0.25, 0.3) is 0 Å². The third-order valence-electron chi connectivity index (χ3n) is 5.02. The molecule has 1 fully saturated rings. The van der Waals surface area contributed by atoms with Crippen molar-refractivity contribution in [1.29, 1.82) is 0 Å². The first-order valence-electron chi connectivity index (χ1n) is 9.52. The molecule has 5 nitrogen and oxygen atoms in total. The smallest absolute Gasteiger partial charge is 0.411 e. The van der Waals surface area contributed by atoms with Crippen LogP contribution in [0.1, 0.15) is 24.5 Å². The van der Waals surface area contributed by atoms with Crippen molar-refractivity contribution in [3.8, 4) is 0 Å². The van der Waals surface area contributed by atoms with Gasteiger partial charge in [-0.1, -0.05) is 79.7 Å². The Balaban J connectivity index is 2.01. The van der Waals surface area contributed by atoms with E-state index in [2.05, 4.69) is 0 Å². The summed E-state index contributed by atoms with van der Waals surface area (Å²) in [5.41, 5.74) is 0.391. The summed E-state index contributed by atoms with van der Waals surface area (Å²) < 4.78 is 5.31.